The predicted molar refractivity (Wildman–Crippen MR) is 55.4 cm³/mol. The Balaban J connectivity index is 2.99. The summed E-state index contributed by atoms with van der Waals surface area (Å²) in [4.78, 5) is -0.444. The number of fused-ring (bicyclic) bond motifs is 1. The first-order valence-corrected chi connectivity index (χ1v) is 5.62. The van der Waals surface area contributed by atoms with Crippen LogP contribution >= 0.6 is 0 Å². The van der Waals surface area contributed by atoms with Crippen molar-refractivity contribution in [3.8, 4) is 5.75 Å². The third kappa shape index (κ3) is 1.67. The maximum absolute atomic E-state index is 11.1. The number of hydrogen-bond acceptors (Lipinski definition) is 3. The summed E-state index contributed by atoms with van der Waals surface area (Å²) in [7, 11) is -4.41. The van der Waals surface area contributed by atoms with Gasteiger partial charge in [0.25, 0.3) is 10.1 Å². The third-order valence-corrected chi connectivity index (χ3v) is 3.06. The molecule has 0 bridgehead atoms. The molecule has 0 aliphatic carbocycles. The molecule has 0 saturated carbocycles. The summed E-state index contributed by atoms with van der Waals surface area (Å²) in [6, 6.07) is 9.43. The zero-order chi connectivity index (χ0) is 11.1. The van der Waals surface area contributed by atoms with Gasteiger partial charge in [0.15, 0.2) is 0 Å². The van der Waals surface area contributed by atoms with E-state index in [9.17, 15) is 13.5 Å². The van der Waals surface area contributed by atoms with E-state index in [1.807, 2.05) is 0 Å². The standard InChI is InChI=1S/C10H8O4S/c11-9-6-5-7-3-1-2-4-8(7)10(9)15(12,13)14/h1-6,11H,(H,12,13,14). The second-order valence-electron chi connectivity index (χ2n) is 3.11. The summed E-state index contributed by atoms with van der Waals surface area (Å²) in [6.45, 7) is 0. The van der Waals surface area contributed by atoms with Crippen LogP contribution in [-0.4, -0.2) is 18.1 Å². The topological polar surface area (TPSA) is 74.6 Å². The van der Waals surface area contributed by atoms with E-state index in [-0.39, 0.29) is 0 Å². The highest BCUT2D eigenvalue weighted by atomic mass is 32.2. The first-order valence-electron chi connectivity index (χ1n) is 4.18. The quantitative estimate of drug-likeness (QED) is 0.724. The fourth-order valence-corrected chi connectivity index (χ4v) is 2.30. The van der Waals surface area contributed by atoms with Gasteiger partial charge in [0.05, 0.1) is 0 Å². The average molecular weight is 224 g/mol. The largest absolute Gasteiger partial charge is 0.506 e. The molecule has 0 amide bonds. The summed E-state index contributed by atoms with van der Waals surface area (Å²) in [6.07, 6.45) is 0. The minimum atomic E-state index is -4.41. The van der Waals surface area contributed by atoms with Crippen LogP contribution in [0.25, 0.3) is 10.8 Å². The molecule has 5 heteroatoms. The normalized spacial score (nSPS) is 11.8. The van der Waals surface area contributed by atoms with Crippen LogP contribution in [0.3, 0.4) is 0 Å². The second kappa shape index (κ2) is 3.22. The van der Waals surface area contributed by atoms with E-state index in [2.05, 4.69) is 0 Å². The molecule has 0 radical (unpaired) electrons. The molecule has 0 fully saturated rings. The molecule has 4 nitrogen and oxygen atoms in total. The molecule has 2 N–H and O–H groups in total. The summed E-state index contributed by atoms with van der Waals surface area (Å²) >= 11 is 0. The van der Waals surface area contributed by atoms with Gasteiger partial charge in [0.2, 0.25) is 0 Å². The zero-order valence-electron chi connectivity index (χ0n) is 7.58. The lowest BCUT2D eigenvalue weighted by molar-refractivity contribution is 0.445. The molecule has 0 heterocycles. The monoisotopic (exact) mass is 224 g/mol. The van der Waals surface area contributed by atoms with Gasteiger partial charge in [0, 0.05) is 5.39 Å². The van der Waals surface area contributed by atoms with E-state index in [1.54, 1.807) is 24.3 Å². The first-order chi connectivity index (χ1) is 7.00. The van der Waals surface area contributed by atoms with Crippen molar-refractivity contribution in [1.82, 2.24) is 0 Å². The van der Waals surface area contributed by atoms with Gasteiger partial charge >= 0.3 is 0 Å². The number of hydrogen-bond donors (Lipinski definition) is 2. The van der Waals surface area contributed by atoms with Gasteiger partial charge in [-0.2, -0.15) is 8.42 Å². The Bertz CT molecular complexity index is 616. The number of aromatic hydroxyl groups is 1. The van der Waals surface area contributed by atoms with Crippen LogP contribution in [0, 0.1) is 0 Å². The van der Waals surface area contributed by atoms with Crippen LogP contribution in [0.15, 0.2) is 41.3 Å². The Hall–Kier alpha value is -1.59. The Kier molecular flexibility index (Phi) is 2.13. The van der Waals surface area contributed by atoms with E-state index in [1.165, 1.54) is 12.1 Å². The van der Waals surface area contributed by atoms with Gasteiger partial charge in [-0.3, -0.25) is 4.55 Å². The molecular formula is C10H8O4S. The fourth-order valence-electron chi connectivity index (χ4n) is 1.50. The van der Waals surface area contributed by atoms with Crippen LogP contribution in [-0.2, 0) is 10.1 Å². The van der Waals surface area contributed by atoms with Crippen LogP contribution in [0.4, 0.5) is 0 Å². The molecule has 2 rings (SSSR count). The van der Waals surface area contributed by atoms with Crippen molar-refractivity contribution in [3.63, 3.8) is 0 Å². The van der Waals surface area contributed by atoms with E-state index >= 15 is 0 Å². The molecule has 78 valence electrons. The smallest absolute Gasteiger partial charge is 0.298 e. The molecule has 0 atom stereocenters. The van der Waals surface area contributed by atoms with Gasteiger partial charge in [0.1, 0.15) is 10.6 Å². The van der Waals surface area contributed by atoms with Gasteiger partial charge in [-0.05, 0) is 11.5 Å². The van der Waals surface area contributed by atoms with Crippen LogP contribution in [0.1, 0.15) is 0 Å². The van der Waals surface area contributed by atoms with Crippen molar-refractivity contribution in [2.75, 3.05) is 0 Å². The Morgan fingerprint density at radius 3 is 2.33 bits per heavy atom. The lowest BCUT2D eigenvalue weighted by Crippen LogP contribution is -1.99. The molecule has 0 spiro atoms. The van der Waals surface area contributed by atoms with Gasteiger partial charge in [-0.25, -0.2) is 0 Å². The number of rotatable bonds is 1. The van der Waals surface area contributed by atoms with Crippen molar-refractivity contribution in [1.29, 1.82) is 0 Å². The highest BCUT2D eigenvalue weighted by Gasteiger charge is 2.18. The van der Waals surface area contributed by atoms with Crippen molar-refractivity contribution in [2.24, 2.45) is 0 Å². The maximum Gasteiger partial charge on any atom is 0.298 e. The van der Waals surface area contributed by atoms with E-state index in [0.717, 1.165) is 0 Å². The summed E-state index contributed by atoms with van der Waals surface area (Å²) in [5.74, 6) is -0.448. The summed E-state index contributed by atoms with van der Waals surface area (Å²) < 4.78 is 31.1. The molecule has 0 aliphatic rings. The van der Waals surface area contributed by atoms with E-state index in [0.29, 0.717) is 10.8 Å². The molecule has 0 unspecified atom stereocenters. The van der Waals surface area contributed by atoms with Crippen LogP contribution in [0.5, 0.6) is 5.75 Å². The van der Waals surface area contributed by atoms with Crippen molar-refractivity contribution < 1.29 is 18.1 Å². The molecule has 0 aromatic heterocycles. The van der Waals surface area contributed by atoms with Crippen molar-refractivity contribution >= 4 is 20.9 Å². The maximum atomic E-state index is 11.1. The van der Waals surface area contributed by atoms with Crippen molar-refractivity contribution in [2.45, 2.75) is 4.90 Å². The lowest BCUT2D eigenvalue weighted by Gasteiger charge is -2.05. The highest BCUT2D eigenvalue weighted by Crippen LogP contribution is 2.30. The summed E-state index contributed by atoms with van der Waals surface area (Å²) in [5, 5.41) is 10.4. The lowest BCUT2D eigenvalue weighted by atomic mass is 10.1. The second-order valence-corrected chi connectivity index (χ2v) is 4.47. The van der Waals surface area contributed by atoms with Crippen molar-refractivity contribution in [3.05, 3.63) is 36.4 Å². The molecule has 0 aliphatic heterocycles. The van der Waals surface area contributed by atoms with Crippen LogP contribution in [0.2, 0.25) is 0 Å². The zero-order valence-corrected chi connectivity index (χ0v) is 8.40. The Morgan fingerprint density at radius 2 is 1.67 bits per heavy atom. The minimum Gasteiger partial charge on any atom is -0.506 e. The third-order valence-electron chi connectivity index (χ3n) is 2.12. The van der Waals surface area contributed by atoms with Gasteiger partial charge in [-0.1, -0.05) is 30.3 Å². The Labute approximate surface area is 86.5 Å². The average Bonchev–Trinajstić information content (AvgIpc) is 2.15. The SMILES string of the molecule is O=S(=O)(O)c1c(O)ccc2ccccc12. The summed E-state index contributed by atoms with van der Waals surface area (Å²) in [5.41, 5.74) is 0. The Morgan fingerprint density at radius 1 is 1.00 bits per heavy atom. The van der Waals surface area contributed by atoms with E-state index in [4.69, 9.17) is 4.55 Å². The van der Waals surface area contributed by atoms with E-state index < -0.39 is 20.8 Å². The van der Waals surface area contributed by atoms with Gasteiger partial charge < -0.3 is 5.11 Å². The molecule has 0 saturated heterocycles. The molecule has 2 aromatic carbocycles. The number of phenols is 1. The molecular weight excluding hydrogens is 216 g/mol. The molecule has 15 heavy (non-hydrogen) atoms. The van der Waals surface area contributed by atoms with Gasteiger partial charge in [-0.15, -0.1) is 0 Å². The minimum absolute atomic E-state index is 0.306. The number of phenolic OH excluding ortho intramolecular Hbond substituents is 1. The predicted octanol–water partition coefficient (Wildman–Crippen LogP) is 1.79. The van der Waals surface area contributed by atoms with Crippen LogP contribution < -0.4 is 0 Å². The number of benzene rings is 2. The molecule has 2 aromatic rings. The first kappa shape index (κ1) is 9.95. The highest BCUT2D eigenvalue weighted by molar-refractivity contribution is 7.86. The fraction of sp³-hybridized carbons (Fsp3) is 0.